The van der Waals surface area contributed by atoms with Gasteiger partial charge in [-0.15, -0.1) is 0 Å². The number of dihydropyridines is 1. The van der Waals surface area contributed by atoms with E-state index in [0.29, 0.717) is 24.4 Å². The van der Waals surface area contributed by atoms with Crippen molar-refractivity contribution in [2.24, 2.45) is 45.8 Å². The summed E-state index contributed by atoms with van der Waals surface area (Å²) in [5, 5.41) is 79.7. The molecule has 0 aromatic heterocycles. The molecule has 3 aliphatic heterocycles. The van der Waals surface area contributed by atoms with Gasteiger partial charge in [-0.3, -0.25) is 9.59 Å². The number of ketones is 2. The van der Waals surface area contributed by atoms with Gasteiger partial charge in [0.2, 0.25) is 6.29 Å². The number of rotatable bonds is 4. The smallest absolute Gasteiger partial charge is 0.229 e. The molecule has 12 atom stereocenters. The lowest BCUT2D eigenvalue weighted by Crippen LogP contribution is -2.81. The van der Waals surface area contributed by atoms with Gasteiger partial charge in [-0.2, -0.15) is 0 Å². The van der Waals surface area contributed by atoms with Gasteiger partial charge in [0, 0.05) is 29.2 Å². The maximum absolute atomic E-state index is 15.5. The van der Waals surface area contributed by atoms with Crippen LogP contribution in [-0.4, -0.2) is 96.7 Å². The van der Waals surface area contributed by atoms with Gasteiger partial charge >= 0.3 is 0 Å². The maximum Gasteiger partial charge on any atom is 0.229 e. The van der Waals surface area contributed by atoms with Gasteiger partial charge in [-0.25, -0.2) is 0 Å². The molecule has 4 saturated carbocycles. The number of allylic oxidation sites excluding steroid dienone is 6. The number of hydrogen-bond donors (Lipinski definition) is 8. The lowest BCUT2D eigenvalue weighted by Gasteiger charge is -2.65. The van der Waals surface area contributed by atoms with Crippen LogP contribution >= 0.6 is 21.6 Å². The first-order valence-electron chi connectivity index (χ1n) is 23.1. The zero-order valence-electron chi connectivity index (χ0n) is 35.6. The minimum Gasteiger partial charge on any atom is -0.511 e. The number of aliphatic hydroxyl groups is 6. The van der Waals surface area contributed by atoms with Crippen LogP contribution in [0.1, 0.15) is 89.6 Å². The maximum atomic E-state index is 15.5. The van der Waals surface area contributed by atoms with E-state index in [9.17, 15) is 35.4 Å². The normalized spacial score (nSPS) is 41.2. The molecular formula is C50H56N2O10S2. The highest BCUT2D eigenvalue weighted by molar-refractivity contribution is 8.76. The minimum atomic E-state index is -2.19. The van der Waals surface area contributed by atoms with Crippen molar-refractivity contribution in [1.82, 2.24) is 10.6 Å². The number of benzene rings is 2. The Morgan fingerprint density at radius 2 is 1.75 bits per heavy atom. The summed E-state index contributed by atoms with van der Waals surface area (Å²) in [6.07, 6.45) is 9.22. The van der Waals surface area contributed by atoms with E-state index in [-0.39, 0.29) is 70.4 Å². The van der Waals surface area contributed by atoms with Gasteiger partial charge < -0.3 is 50.7 Å². The highest BCUT2D eigenvalue weighted by atomic mass is 33.1. The van der Waals surface area contributed by atoms with Crippen molar-refractivity contribution in [3.05, 3.63) is 111 Å². The summed E-state index contributed by atoms with van der Waals surface area (Å²) in [4.78, 5) is 30.4. The number of fused-ring (bicyclic) bond motifs is 2. The van der Waals surface area contributed by atoms with Crippen LogP contribution in [-0.2, 0) is 17.8 Å². The molecule has 64 heavy (non-hydrogen) atoms. The molecule has 5 fully saturated rings. The number of carbonyl (C=O) groups is 2. The number of hydrogen-bond acceptors (Lipinski definition) is 14. The molecule has 14 heteroatoms. The third-order valence-corrected chi connectivity index (χ3v) is 20.0. The summed E-state index contributed by atoms with van der Waals surface area (Å²) in [7, 11) is 2.90. The highest BCUT2D eigenvalue weighted by Crippen LogP contribution is 2.76. The van der Waals surface area contributed by atoms with Gasteiger partial charge in [0.05, 0.1) is 36.4 Å². The van der Waals surface area contributed by atoms with E-state index in [4.69, 9.17) is 9.47 Å². The van der Waals surface area contributed by atoms with Crippen molar-refractivity contribution < 1.29 is 49.7 Å². The molecule has 8 aliphatic carbocycles. The first-order valence-corrected chi connectivity index (χ1v) is 25.6. The number of carbonyl (C=O) groups excluding carboxylic acids is 2. The molecule has 1 saturated heterocycles. The molecule has 12 unspecified atom stereocenters. The summed E-state index contributed by atoms with van der Waals surface area (Å²) in [6, 6.07) is 12.2. The van der Waals surface area contributed by atoms with E-state index in [1.165, 1.54) is 38.8 Å². The first-order chi connectivity index (χ1) is 30.9. The van der Waals surface area contributed by atoms with Crippen LogP contribution in [0.4, 0.5) is 0 Å². The van der Waals surface area contributed by atoms with E-state index < -0.39 is 64.8 Å². The van der Waals surface area contributed by atoms with Gasteiger partial charge in [0.1, 0.15) is 40.3 Å². The largest absolute Gasteiger partial charge is 0.511 e. The van der Waals surface area contributed by atoms with Crippen LogP contribution < -0.4 is 15.4 Å². The third kappa shape index (κ3) is 5.60. The fourth-order valence-electron chi connectivity index (χ4n) is 15.4. The monoisotopic (exact) mass is 908 g/mol. The van der Waals surface area contributed by atoms with E-state index in [0.717, 1.165) is 68.3 Å². The minimum absolute atomic E-state index is 0.0516. The van der Waals surface area contributed by atoms with E-state index >= 15 is 4.79 Å². The molecule has 338 valence electrons. The Hall–Kier alpha value is -3.60. The van der Waals surface area contributed by atoms with Crippen LogP contribution in [0.2, 0.25) is 0 Å². The van der Waals surface area contributed by atoms with Crippen molar-refractivity contribution in [3.63, 3.8) is 0 Å². The van der Waals surface area contributed by atoms with Gasteiger partial charge in [-0.1, -0.05) is 76.9 Å². The van der Waals surface area contributed by atoms with Gasteiger partial charge in [0.25, 0.3) is 0 Å². The average Bonchev–Trinajstić information content (AvgIpc) is 3.82. The van der Waals surface area contributed by atoms with Gasteiger partial charge in [-0.05, 0) is 121 Å². The Balaban J connectivity index is 1.00. The summed E-state index contributed by atoms with van der Waals surface area (Å²) in [5.74, 6) is -1.27. The predicted octanol–water partition coefficient (Wildman–Crippen LogP) is 5.40. The summed E-state index contributed by atoms with van der Waals surface area (Å²) in [5.41, 5.74) is -1.20. The second-order valence-corrected chi connectivity index (χ2v) is 23.3. The Labute approximate surface area is 380 Å². The Morgan fingerprint density at radius 1 is 0.938 bits per heavy atom. The average molecular weight is 909 g/mol. The van der Waals surface area contributed by atoms with E-state index in [1.807, 2.05) is 24.3 Å². The quantitative estimate of drug-likeness (QED) is 0.182. The van der Waals surface area contributed by atoms with E-state index in [2.05, 4.69) is 16.7 Å². The highest BCUT2D eigenvalue weighted by Gasteiger charge is 2.78. The molecule has 0 amide bonds. The lowest BCUT2D eigenvalue weighted by atomic mass is 9.46. The topological polar surface area (TPSA) is 198 Å². The molecule has 3 spiro atoms. The standard InChI is InChI=1S/C50H56N2O10S2/c53-21-27-6-3-5-26(11-27)12-28-13-35-40(56)32-7-4-8-36-39(32)42(57)49(35,37(55)14-28)24-63-64-25-52-38-17-34-33(20-51-38)29-15-30-18-47(23-54)45(59)50(60,43(58)44(61-36)62-47)41(30)48(34)22-46(9-1-2-10-46)19-31(48)16-29/h3-8,11,13-14,17,29-31,35,41,43-45,51-55,58-60H,1-2,9-10,12,15-16,18-25H2. The van der Waals surface area contributed by atoms with Crippen LogP contribution in [0, 0.1) is 45.8 Å². The zero-order chi connectivity index (χ0) is 44.0. The Bertz CT molecular complexity index is 2480. The molecule has 8 N–H and O–H groups in total. The molecule has 11 aliphatic rings. The molecule has 13 rings (SSSR count). The summed E-state index contributed by atoms with van der Waals surface area (Å²) >= 11 is 0. The molecule has 2 aromatic rings. The van der Waals surface area contributed by atoms with Crippen molar-refractivity contribution in [3.8, 4) is 5.75 Å². The van der Waals surface area contributed by atoms with Crippen LogP contribution in [0.5, 0.6) is 5.75 Å². The summed E-state index contributed by atoms with van der Waals surface area (Å²) in [6.45, 7) is -0.134. The predicted molar refractivity (Wildman–Crippen MR) is 240 cm³/mol. The number of Topliss-reactive ketones (excluding diaryl/α,β-unsaturated/α-hetero) is 2. The number of nitrogens with one attached hydrogen (secondary N) is 2. The van der Waals surface area contributed by atoms with Gasteiger partial charge in [0.15, 0.2) is 11.6 Å². The molecular weight excluding hydrogens is 853 g/mol. The van der Waals surface area contributed by atoms with Crippen LogP contribution in [0.3, 0.4) is 0 Å². The molecule has 10 bridgehead atoms. The molecule has 12 nitrogen and oxygen atoms in total. The molecule has 3 heterocycles. The second kappa shape index (κ2) is 14.7. The van der Waals surface area contributed by atoms with Crippen molar-refractivity contribution in [1.29, 1.82) is 0 Å². The molecule has 0 radical (unpaired) electrons. The molecule has 2 aromatic carbocycles. The van der Waals surface area contributed by atoms with Crippen molar-refractivity contribution >= 4 is 33.2 Å². The zero-order valence-corrected chi connectivity index (χ0v) is 37.3. The SMILES string of the molecule is O=C1c2cccc3c2C(=O)C2(CSSCNC4=CC5=C(CN4)C4CC6CC7(CO)OC(O3)C(O)C(O)(C7O)C6C53CC5(CCCC5)CC3C4)C(O)=CC(Cc3cccc(CO)c3)=CC12. The summed E-state index contributed by atoms with van der Waals surface area (Å²) < 4.78 is 13.3. The van der Waals surface area contributed by atoms with Crippen molar-refractivity contribution in [2.45, 2.75) is 101 Å². The van der Waals surface area contributed by atoms with Crippen LogP contribution in [0.15, 0.2) is 89.0 Å². The second-order valence-electron chi connectivity index (χ2n) is 20.8. The third-order valence-electron chi connectivity index (χ3n) is 17.8. The lowest BCUT2D eigenvalue weighted by molar-refractivity contribution is -0.392. The first kappa shape index (κ1) is 41.8. The number of ether oxygens (including phenoxy) is 2. The fourth-order valence-corrected chi connectivity index (χ4v) is 17.7. The van der Waals surface area contributed by atoms with E-state index in [1.54, 1.807) is 24.3 Å². The Kier molecular flexibility index (Phi) is 9.60. The fraction of sp³-hybridized carbons (Fsp3) is 0.560. The van der Waals surface area contributed by atoms with Crippen LogP contribution in [0.25, 0.3) is 0 Å². The van der Waals surface area contributed by atoms with Crippen molar-refractivity contribution in [2.75, 3.05) is 24.8 Å². The Morgan fingerprint density at radius 3 is 2.56 bits per heavy atom. The number of aliphatic hydroxyl groups excluding tert-OH is 5.